The van der Waals surface area contributed by atoms with Crippen molar-refractivity contribution < 1.29 is 19.0 Å². The van der Waals surface area contributed by atoms with Gasteiger partial charge in [0.25, 0.3) is 0 Å². The maximum absolute atomic E-state index is 12.3. The van der Waals surface area contributed by atoms with Gasteiger partial charge in [-0.2, -0.15) is 0 Å². The van der Waals surface area contributed by atoms with E-state index in [0.29, 0.717) is 18.6 Å². The van der Waals surface area contributed by atoms with Crippen molar-refractivity contribution in [1.82, 2.24) is 0 Å². The molecule has 2 rings (SSSR count). The maximum atomic E-state index is 12.3. The Hall–Kier alpha value is -2.59. The Kier molecular flexibility index (Phi) is 7.23. The second-order valence-corrected chi connectivity index (χ2v) is 5.70. The molecule has 0 radical (unpaired) electrons. The second-order valence-electron chi connectivity index (χ2n) is 5.70. The number of methoxy groups -OCH3 is 1. The molecule has 25 heavy (non-hydrogen) atoms. The first-order valence-corrected chi connectivity index (χ1v) is 8.25. The number of esters is 1. The van der Waals surface area contributed by atoms with Crippen molar-refractivity contribution >= 4 is 5.97 Å². The molecule has 0 unspecified atom stereocenters. The summed E-state index contributed by atoms with van der Waals surface area (Å²) in [5, 5.41) is 0. The summed E-state index contributed by atoms with van der Waals surface area (Å²) < 4.78 is 16.6. The van der Waals surface area contributed by atoms with Crippen LogP contribution in [0.4, 0.5) is 0 Å². The molecule has 4 nitrogen and oxygen atoms in total. The number of benzene rings is 2. The fourth-order valence-electron chi connectivity index (χ4n) is 2.34. The van der Waals surface area contributed by atoms with Gasteiger partial charge in [0.15, 0.2) is 0 Å². The SMILES string of the molecule is C=CC[C@@H](OC(=O)c1ccccc1)[C@H](C)OCc1ccc(OC)cc1. The van der Waals surface area contributed by atoms with Gasteiger partial charge in [0.2, 0.25) is 0 Å². The number of carbonyl (C=O) groups excluding carboxylic acids is 1. The van der Waals surface area contributed by atoms with Gasteiger partial charge in [0, 0.05) is 6.42 Å². The molecule has 0 N–H and O–H groups in total. The zero-order valence-corrected chi connectivity index (χ0v) is 14.7. The van der Waals surface area contributed by atoms with E-state index in [1.807, 2.05) is 49.4 Å². The molecule has 4 heteroatoms. The Balaban J connectivity index is 1.93. The fourth-order valence-corrected chi connectivity index (χ4v) is 2.34. The van der Waals surface area contributed by atoms with Crippen molar-refractivity contribution in [3.8, 4) is 5.75 Å². The summed E-state index contributed by atoms with van der Waals surface area (Å²) in [6.07, 6.45) is 1.62. The molecule has 132 valence electrons. The third-order valence-corrected chi connectivity index (χ3v) is 3.86. The Morgan fingerprint density at radius 3 is 2.40 bits per heavy atom. The van der Waals surface area contributed by atoms with Gasteiger partial charge in [-0.15, -0.1) is 6.58 Å². The van der Waals surface area contributed by atoms with Crippen LogP contribution in [0.1, 0.15) is 29.3 Å². The van der Waals surface area contributed by atoms with Crippen molar-refractivity contribution in [3.05, 3.63) is 78.4 Å². The smallest absolute Gasteiger partial charge is 0.338 e. The molecule has 0 aliphatic carbocycles. The summed E-state index contributed by atoms with van der Waals surface area (Å²) in [5.74, 6) is 0.450. The quantitative estimate of drug-likeness (QED) is 0.501. The Morgan fingerprint density at radius 1 is 1.12 bits per heavy atom. The van der Waals surface area contributed by atoms with Gasteiger partial charge < -0.3 is 14.2 Å². The highest BCUT2D eigenvalue weighted by Crippen LogP contribution is 2.16. The highest BCUT2D eigenvalue weighted by molar-refractivity contribution is 5.89. The van der Waals surface area contributed by atoms with Crippen LogP contribution in [0.3, 0.4) is 0 Å². The standard InChI is InChI=1S/C21H24O4/c1-4-8-20(25-21(22)18-9-6-5-7-10-18)16(2)24-15-17-11-13-19(23-3)14-12-17/h4-7,9-14,16,20H,1,8,15H2,2-3H3/t16-,20+/m0/s1. The third kappa shape index (κ3) is 5.76. The van der Waals surface area contributed by atoms with Crippen LogP contribution in [0.15, 0.2) is 67.3 Å². The lowest BCUT2D eigenvalue weighted by atomic mass is 10.1. The van der Waals surface area contributed by atoms with E-state index in [0.717, 1.165) is 11.3 Å². The average molecular weight is 340 g/mol. The number of hydrogen-bond donors (Lipinski definition) is 0. The van der Waals surface area contributed by atoms with Gasteiger partial charge in [-0.3, -0.25) is 0 Å². The normalized spacial score (nSPS) is 12.9. The van der Waals surface area contributed by atoms with Crippen LogP contribution in [-0.4, -0.2) is 25.3 Å². The summed E-state index contributed by atoms with van der Waals surface area (Å²) in [6.45, 7) is 6.07. The van der Waals surface area contributed by atoms with E-state index in [1.165, 1.54) is 0 Å². The van der Waals surface area contributed by atoms with Crippen molar-refractivity contribution in [1.29, 1.82) is 0 Å². The summed E-state index contributed by atoms with van der Waals surface area (Å²) in [7, 11) is 1.63. The van der Waals surface area contributed by atoms with E-state index >= 15 is 0 Å². The fraction of sp³-hybridized carbons (Fsp3) is 0.286. The van der Waals surface area contributed by atoms with E-state index in [9.17, 15) is 4.79 Å². The molecule has 0 fully saturated rings. The summed E-state index contributed by atoms with van der Waals surface area (Å²) in [4.78, 5) is 12.3. The second kappa shape index (κ2) is 9.64. The van der Waals surface area contributed by atoms with Crippen molar-refractivity contribution in [2.24, 2.45) is 0 Å². The molecule has 0 aliphatic heterocycles. The molecule has 0 aromatic heterocycles. The third-order valence-electron chi connectivity index (χ3n) is 3.86. The lowest BCUT2D eigenvalue weighted by Gasteiger charge is -2.23. The monoisotopic (exact) mass is 340 g/mol. The van der Waals surface area contributed by atoms with E-state index < -0.39 is 0 Å². The van der Waals surface area contributed by atoms with Crippen LogP contribution in [0.2, 0.25) is 0 Å². The van der Waals surface area contributed by atoms with E-state index in [2.05, 4.69) is 6.58 Å². The molecule has 2 aromatic carbocycles. The van der Waals surface area contributed by atoms with E-state index in [-0.39, 0.29) is 18.2 Å². The molecule has 0 saturated heterocycles. The molecule has 0 bridgehead atoms. The number of carbonyl (C=O) groups is 1. The first kappa shape index (κ1) is 18.7. The van der Waals surface area contributed by atoms with Crippen LogP contribution in [0.25, 0.3) is 0 Å². The van der Waals surface area contributed by atoms with Gasteiger partial charge >= 0.3 is 5.97 Å². The molecule has 0 amide bonds. The first-order chi connectivity index (χ1) is 12.1. The molecule has 2 atom stereocenters. The zero-order chi connectivity index (χ0) is 18.1. The molecule has 0 heterocycles. The predicted molar refractivity (Wildman–Crippen MR) is 97.7 cm³/mol. The minimum Gasteiger partial charge on any atom is -0.497 e. The zero-order valence-electron chi connectivity index (χ0n) is 14.7. The highest BCUT2D eigenvalue weighted by Gasteiger charge is 2.22. The van der Waals surface area contributed by atoms with Crippen molar-refractivity contribution in [3.63, 3.8) is 0 Å². The van der Waals surface area contributed by atoms with Gasteiger partial charge in [0.05, 0.1) is 25.4 Å². The Labute approximate surface area is 149 Å². The highest BCUT2D eigenvalue weighted by atomic mass is 16.6. The lowest BCUT2D eigenvalue weighted by molar-refractivity contribution is -0.0497. The Morgan fingerprint density at radius 2 is 1.80 bits per heavy atom. The summed E-state index contributed by atoms with van der Waals surface area (Å²) in [6, 6.07) is 16.6. The summed E-state index contributed by atoms with van der Waals surface area (Å²) in [5.41, 5.74) is 1.55. The van der Waals surface area contributed by atoms with E-state index in [4.69, 9.17) is 14.2 Å². The van der Waals surface area contributed by atoms with Gasteiger partial charge in [-0.25, -0.2) is 4.79 Å². The van der Waals surface area contributed by atoms with Crippen molar-refractivity contribution in [2.75, 3.05) is 7.11 Å². The summed E-state index contributed by atoms with van der Waals surface area (Å²) >= 11 is 0. The molecule has 2 aromatic rings. The van der Waals surface area contributed by atoms with Gasteiger partial charge in [-0.1, -0.05) is 36.4 Å². The van der Waals surface area contributed by atoms with Gasteiger partial charge in [0.1, 0.15) is 11.9 Å². The molecule has 0 spiro atoms. The number of ether oxygens (including phenoxy) is 3. The Bertz CT molecular complexity index is 664. The van der Waals surface area contributed by atoms with E-state index in [1.54, 1.807) is 25.3 Å². The molecular weight excluding hydrogens is 316 g/mol. The average Bonchev–Trinajstić information content (AvgIpc) is 2.66. The van der Waals surface area contributed by atoms with Crippen LogP contribution in [0.5, 0.6) is 5.75 Å². The topological polar surface area (TPSA) is 44.8 Å². The maximum Gasteiger partial charge on any atom is 0.338 e. The largest absolute Gasteiger partial charge is 0.497 e. The van der Waals surface area contributed by atoms with Crippen molar-refractivity contribution in [2.45, 2.75) is 32.2 Å². The first-order valence-electron chi connectivity index (χ1n) is 8.25. The van der Waals surface area contributed by atoms with Crippen LogP contribution in [-0.2, 0) is 16.1 Å². The molecular formula is C21H24O4. The minimum absolute atomic E-state index is 0.257. The molecule has 0 aliphatic rings. The number of hydrogen-bond acceptors (Lipinski definition) is 4. The number of rotatable bonds is 9. The molecule has 0 saturated carbocycles. The lowest BCUT2D eigenvalue weighted by Crippen LogP contribution is -2.31. The van der Waals surface area contributed by atoms with Crippen LogP contribution in [0, 0.1) is 0 Å². The van der Waals surface area contributed by atoms with Gasteiger partial charge in [-0.05, 0) is 36.8 Å². The van der Waals surface area contributed by atoms with Crippen LogP contribution < -0.4 is 4.74 Å². The predicted octanol–water partition coefficient (Wildman–Crippen LogP) is 4.40. The van der Waals surface area contributed by atoms with Crippen LogP contribution >= 0.6 is 0 Å². The minimum atomic E-state index is -0.386.